The summed E-state index contributed by atoms with van der Waals surface area (Å²) in [5.41, 5.74) is 2.21. The van der Waals surface area contributed by atoms with Crippen LogP contribution in [0.1, 0.15) is 31.9 Å². The van der Waals surface area contributed by atoms with E-state index in [9.17, 15) is 0 Å². The van der Waals surface area contributed by atoms with E-state index in [1.165, 1.54) is 25.8 Å². The van der Waals surface area contributed by atoms with E-state index < -0.39 is 0 Å². The number of aromatic nitrogens is 1. The number of piperidine rings is 1. The molecule has 2 heterocycles. The molecule has 3 nitrogen and oxygen atoms in total. The molecule has 4 heteroatoms. The molecule has 0 unspecified atom stereocenters. The number of benzene rings is 1. The van der Waals surface area contributed by atoms with Crippen molar-refractivity contribution in [1.29, 1.82) is 0 Å². The molecule has 3 rings (SSSR count). The molecule has 0 amide bonds. The fourth-order valence-corrected chi connectivity index (χ4v) is 3.64. The van der Waals surface area contributed by atoms with Gasteiger partial charge in [0.15, 0.2) is 0 Å². The highest BCUT2D eigenvalue weighted by molar-refractivity contribution is 6.36. The lowest BCUT2D eigenvalue weighted by molar-refractivity contribution is 0.153. The van der Waals surface area contributed by atoms with Crippen molar-refractivity contribution in [3.63, 3.8) is 0 Å². The predicted octanol–water partition coefficient (Wildman–Crippen LogP) is 3.79. The number of para-hydroxylation sites is 1. The molecular weight excluding hydrogens is 282 g/mol. The van der Waals surface area contributed by atoms with Gasteiger partial charge >= 0.3 is 0 Å². The first-order chi connectivity index (χ1) is 10.3. The maximum Gasteiger partial charge on any atom is 0.0705 e. The molecule has 1 aliphatic heterocycles. The number of hydrogen-bond acceptors (Lipinski definition) is 2. The van der Waals surface area contributed by atoms with E-state index in [1.807, 2.05) is 12.1 Å². The van der Waals surface area contributed by atoms with Crippen LogP contribution in [0.25, 0.3) is 10.9 Å². The fraction of sp³-hybridized carbons (Fsp3) is 0.529. The Morgan fingerprint density at radius 1 is 1.33 bits per heavy atom. The second-order valence-corrected chi connectivity index (χ2v) is 6.25. The minimum Gasteiger partial charge on any atom is -0.356 e. The number of aromatic amines is 1. The lowest BCUT2D eigenvalue weighted by Crippen LogP contribution is -2.45. The van der Waals surface area contributed by atoms with E-state index >= 15 is 0 Å². The van der Waals surface area contributed by atoms with Crippen molar-refractivity contribution in [1.82, 2.24) is 15.2 Å². The highest BCUT2D eigenvalue weighted by Crippen LogP contribution is 2.27. The van der Waals surface area contributed by atoms with Crippen LogP contribution in [0.5, 0.6) is 0 Å². The van der Waals surface area contributed by atoms with Gasteiger partial charge in [-0.1, -0.05) is 43.1 Å². The molecule has 114 valence electrons. The number of hydrogen-bond donors (Lipinski definition) is 2. The Balaban J connectivity index is 1.60. The fourth-order valence-electron chi connectivity index (χ4n) is 3.36. The number of H-pyrrole nitrogens is 1. The van der Waals surface area contributed by atoms with E-state index in [1.54, 1.807) is 0 Å². The molecule has 0 saturated carbocycles. The van der Waals surface area contributed by atoms with Gasteiger partial charge in [0.1, 0.15) is 0 Å². The van der Waals surface area contributed by atoms with Gasteiger partial charge in [-0.2, -0.15) is 0 Å². The van der Waals surface area contributed by atoms with Gasteiger partial charge in [-0.15, -0.1) is 0 Å². The van der Waals surface area contributed by atoms with E-state index in [0.29, 0.717) is 6.04 Å². The number of nitrogens with one attached hydrogen (secondary N) is 2. The minimum atomic E-state index is 0.673. The van der Waals surface area contributed by atoms with Crippen molar-refractivity contribution in [2.24, 2.45) is 0 Å². The third kappa shape index (κ3) is 3.25. The van der Waals surface area contributed by atoms with Crippen LogP contribution < -0.4 is 5.32 Å². The predicted molar refractivity (Wildman–Crippen MR) is 89.9 cm³/mol. The van der Waals surface area contributed by atoms with Gasteiger partial charge in [-0.25, -0.2) is 0 Å². The van der Waals surface area contributed by atoms with Gasteiger partial charge in [-0.05, 0) is 32.0 Å². The summed E-state index contributed by atoms with van der Waals surface area (Å²) in [6, 6.07) is 8.88. The Morgan fingerprint density at radius 3 is 3.00 bits per heavy atom. The van der Waals surface area contributed by atoms with Crippen molar-refractivity contribution in [2.75, 3.05) is 19.6 Å². The molecule has 1 fully saturated rings. The molecule has 0 spiro atoms. The monoisotopic (exact) mass is 305 g/mol. The van der Waals surface area contributed by atoms with E-state index in [4.69, 9.17) is 11.6 Å². The van der Waals surface area contributed by atoms with Crippen LogP contribution in [0.4, 0.5) is 0 Å². The van der Waals surface area contributed by atoms with Gasteiger partial charge in [0.2, 0.25) is 0 Å². The van der Waals surface area contributed by atoms with Crippen molar-refractivity contribution < 1.29 is 0 Å². The summed E-state index contributed by atoms with van der Waals surface area (Å²) >= 11 is 6.45. The number of nitrogens with zero attached hydrogens (tertiary/aromatic N) is 1. The summed E-state index contributed by atoms with van der Waals surface area (Å²) in [6.07, 6.45) is 4.01. The van der Waals surface area contributed by atoms with Gasteiger partial charge in [0, 0.05) is 35.7 Å². The van der Waals surface area contributed by atoms with Crippen LogP contribution >= 0.6 is 11.6 Å². The number of halogens is 1. The first-order valence-corrected chi connectivity index (χ1v) is 8.37. The highest BCUT2D eigenvalue weighted by atomic mass is 35.5. The van der Waals surface area contributed by atoms with Crippen LogP contribution in [0.3, 0.4) is 0 Å². The topological polar surface area (TPSA) is 31.1 Å². The normalized spacial score (nSPS) is 20.2. The molecule has 2 N–H and O–H groups in total. The number of fused-ring (bicyclic) bond motifs is 1. The summed E-state index contributed by atoms with van der Waals surface area (Å²) < 4.78 is 0. The SMILES string of the molecule is CCN1CCCC[C@@H]1CNCc1[nH]c2ccccc2c1Cl. The Kier molecular flexibility index (Phi) is 4.84. The van der Waals surface area contributed by atoms with Crippen molar-refractivity contribution in [3.8, 4) is 0 Å². The number of likely N-dealkylation sites (N-methyl/N-ethyl adjacent to an activating group) is 1. The smallest absolute Gasteiger partial charge is 0.0705 e. The van der Waals surface area contributed by atoms with Gasteiger partial charge in [-0.3, -0.25) is 4.90 Å². The third-order valence-electron chi connectivity index (χ3n) is 4.55. The van der Waals surface area contributed by atoms with Gasteiger partial charge < -0.3 is 10.3 Å². The average molecular weight is 306 g/mol. The van der Waals surface area contributed by atoms with Crippen LogP contribution in [-0.4, -0.2) is 35.6 Å². The number of rotatable bonds is 5. The first kappa shape index (κ1) is 14.9. The van der Waals surface area contributed by atoms with Gasteiger partial charge in [0.25, 0.3) is 0 Å². The second-order valence-electron chi connectivity index (χ2n) is 5.87. The lowest BCUT2D eigenvalue weighted by atomic mass is 10.0. The molecule has 2 aromatic rings. The summed E-state index contributed by atoms with van der Waals surface area (Å²) in [5, 5.41) is 5.55. The average Bonchev–Trinajstić information content (AvgIpc) is 2.85. The first-order valence-electron chi connectivity index (χ1n) is 7.99. The standard InChI is InChI=1S/C17H24ClN3/c1-2-21-10-6-5-7-13(21)11-19-12-16-17(18)14-8-3-4-9-15(14)20-16/h3-4,8-9,13,19-20H,2,5-7,10-12H2,1H3/t13-/m1/s1. The summed E-state index contributed by atoms with van der Waals surface area (Å²) in [7, 11) is 0. The minimum absolute atomic E-state index is 0.673. The van der Waals surface area contributed by atoms with Crippen LogP contribution in [-0.2, 0) is 6.54 Å². The molecule has 0 bridgehead atoms. The maximum atomic E-state index is 6.45. The zero-order valence-electron chi connectivity index (χ0n) is 12.7. The molecule has 1 saturated heterocycles. The van der Waals surface area contributed by atoms with Gasteiger partial charge in [0.05, 0.1) is 5.02 Å². The largest absolute Gasteiger partial charge is 0.356 e. The molecule has 0 radical (unpaired) electrons. The van der Waals surface area contributed by atoms with E-state index in [0.717, 1.165) is 41.3 Å². The summed E-state index contributed by atoms with van der Waals surface area (Å²) in [6.45, 7) is 6.50. The molecular formula is C17H24ClN3. The van der Waals surface area contributed by atoms with Crippen molar-refractivity contribution in [3.05, 3.63) is 35.0 Å². The summed E-state index contributed by atoms with van der Waals surface area (Å²) in [4.78, 5) is 6.01. The Morgan fingerprint density at radius 2 is 2.19 bits per heavy atom. The quantitative estimate of drug-likeness (QED) is 0.880. The molecule has 1 atom stereocenters. The van der Waals surface area contributed by atoms with Crippen LogP contribution in [0, 0.1) is 0 Å². The number of likely N-dealkylation sites (tertiary alicyclic amines) is 1. The third-order valence-corrected chi connectivity index (χ3v) is 4.98. The van der Waals surface area contributed by atoms with Crippen molar-refractivity contribution >= 4 is 22.5 Å². The zero-order valence-corrected chi connectivity index (χ0v) is 13.4. The summed E-state index contributed by atoms with van der Waals surface area (Å²) in [5.74, 6) is 0. The molecule has 1 aromatic heterocycles. The molecule has 21 heavy (non-hydrogen) atoms. The Hall–Kier alpha value is -1.03. The maximum absolute atomic E-state index is 6.45. The van der Waals surface area contributed by atoms with Crippen LogP contribution in [0.2, 0.25) is 5.02 Å². The Labute approximate surface area is 131 Å². The molecule has 1 aliphatic rings. The molecule has 1 aromatic carbocycles. The van der Waals surface area contributed by atoms with E-state index in [-0.39, 0.29) is 0 Å². The van der Waals surface area contributed by atoms with Crippen molar-refractivity contribution in [2.45, 2.75) is 38.8 Å². The molecule has 0 aliphatic carbocycles. The van der Waals surface area contributed by atoms with E-state index in [2.05, 4.69) is 34.3 Å². The second kappa shape index (κ2) is 6.82. The Bertz CT molecular complexity index is 593. The zero-order chi connectivity index (χ0) is 14.7. The van der Waals surface area contributed by atoms with Crippen LogP contribution in [0.15, 0.2) is 24.3 Å². The lowest BCUT2D eigenvalue weighted by Gasteiger charge is -2.35. The highest BCUT2D eigenvalue weighted by Gasteiger charge is 2.20.